The van der Waals surface area contributed by atoms with Crippen molar-refractivity contribution in [2.75, 3.05) is 23.9 Å². The van der Waals surface area contributed by atoms with Gasteiger partial charge in [-0.05, 0) is 105 Å². The summed E-state index contributed by atoms with van der Waals surface area (Å²) in [6.07, 6.45) is 1.85. The number of pyridine rings is 1. The first-order chi connectivity index (χ1) is 17.3. The topological polar surface area (TPSA) is 36.3 Å². The predicted molar refractivity (Wildman–Crippen MR) is 153 cm³/mol. The summed E-state index contributed by atoms with van der Waals surface area (Å²) >= 11 is 5.95. The van der Waals surface area contributed by atoms with Crippen LogP contribution in [0.1, 0.15) is 45.9 Å². The van der Waals surface area contributed by atoms with Gasteiger partial charge in [-0.15, -0.1) is 0 Å². The van der Waals surface area contributed by atoms with E-state index in [1.165, 1.54) is 33.8 Å². The lowest BCUT2D eigenvalue weighted by atomic mass is 9.96. The Morgan fingerprint density at radius 3 is 2.33 bits per heavy atom. The quantitative estimate of drug-likeness (QED) is 0.327. The van der Waals surface area contributed by atoms with Gasteiger partial charge in [-0.3, -0.25) is 4.98 Å². The van der Waals surface area contributed by atoms with Gasteiger partial charge in [0.2, 0.25) is 0 Å². The molecule has 3 heterocycles. The molecule has 184 valence electrons. The van der Waals surface area contributed by atoms with Gasteiger partial charge < -0.3 is 19.7 Å². The minimum atomic E-state index is -0.0696. The van der Waals surface area contributed by atoms with E-state index in [1.54, 1.807) is 0 Å². The molecule has 5 nitrogen and oxygen atoms in total. The second kappa shape index (κ2) is 9.43. The number of hydrogen-bond acceptors (Lipinski definition) is 3. The molecular formula is C30H33N5S. The highest BCUT2D eigenvalue weighted by molar-refractivity contribution is 7.80. The lowest BCUT2D eigenvalue weighted by molar-refractivity contribution is 0.565. The van der Waals surface area contributed by atoms with E-state index in [-0.39, 0.29) is 12.1 Å². The van der Waals surface area contributed by atoms with E-state index in [9.17, 15) is 0 Å². The maximum atomic E-state index is 5.95. The number of nitrogens with one attached hydrogen (secondary N) is 1. The molecule has 1 fully saturated rings. The molecule has 0 radical (unpaired) electrons. The molecule has 0 saturated carbocycles. The second-order valence-corrected chi connectivity index (χ2v) is 10.2. The number of nitrogens with zero attached hydrogens (tertiary/aromatic N) is 4. The van der Waals surface area contributed by atoms with E-state index in [0.717, 1.165) is 17.1 Å². The van der Waals surface area contributed by atoms with Crippen molar-refractivity contribution >= 4 is 28.7 Å². The molecular weight excluding hydrogens is 462 g/mol. The first-order valence-corrected chi connectivity index (χ1v) is 12.7. The molecule has 4 aromatic rings. The van der Waals surface area contributed by atoms with E-state index >= 15 is 0 Å². The minimum absolute atomic E-state index is 0.0392. The van der Waals surface area contributed by atoms with E-state index in [2.05, 4.69) is 116 Å². The zero-order chi connectivity index (χ0) is 25.6. The SMILES string of the molecule is Cc1cccc(-n2c(C)cc([C@H]3[C@H](c4ccccn4)NC(=S)N3c3ccc(N(C)C)cc3)c2C)c1C. The molecule has 2 aromatic carbocycles. The molecule has 1 N–H and O–H groups in total. The van der Waals surface area contributed by atoms with Gasteiger partial charge in [0, 0.05) is 48.7 Å². The average Bonchev–Trinajstić information content (AvgIpc) is 3.36. The Balaban J connectivity index is 1.68. The second-order valence-electron chi connectivity index (χ2n) is 9.79. The molecule has 0 amide bonds. The summed E-state index contributed by atoms with van der Waals surface area (Å²) in [4.78, 5) is 9.08. The fourth-order valence-corrected chi connectivity index (χ4v) is 5.64. The van der Waals surface area contributed by atoms with Crippen LogP contribution < -0.4 is 15.1 Å². The van der Waals surface area contributed by atoms with Crippen molar-refractivity contribution < 1.29 is 0 Å². The zero-order valence-electron chi connectivity index (χ0n) is 21.8. The maximum absolute atomic E-state index is 5.95. The summed E-state index contributed by atoms with van der Waals surface area (Å²) in [5, 5.41) is 4.31. The average molecular weight is 496 g/mol. The smallest absolute Gasteiger partial charge is 0.174 e. The molecule has 2 atom stereocenters. The zero-order valence-corrected chi connectivity index (χ0v) is 22.6. The molecule has 36 heavy (non-hydrogen) atoms. The standard InChI is InChI=1S/C30H33N5S/c1-19-10-9-12-27(21(19)3)34-20(2)18-25(22(34)4)29-28(26-11-7-8-17-31-26)32-30(36)35(29)24-15-13-23(14-16-24)33(5)6/h7-18,28-29H,1-6H3,(H,32,36)/t28-,29-/m0/s1. The van der Waals surface area contributed by atoms with Gasteiger partial charge in [0.25, 0.3) is 0 Å². The van der Waals surface area contributed by atoms with Gasteiger partial charge in [0.1, 0.15) is 0 Å². The van der Waals surface area contributed by atoms with Crippen LogP contribution in [0.25, 0.3) is 5.69 Å². The summed E-state index contributed by atoms with van der Waals surface area (Å²) in [5.41, 5.74) is 10.7. The van der Waals surface area contributed by atoms with Crippen LogP contribution in [0.3, 0.4) is 0 Å². The van der Waals surface area contributed by atoms with Crippen LogP contribution in [-0.2, 0) is 0 Å². The summed E-state index contributed by atoms with van der Waals surface area (Å²) < 4.78 is 2.38. The van der Waals surface area contributed by atoms with Gasteiger partial charge in [-0.2, -0.15) is 0 Å². The van der Waals surface area contributed by atoms with Gasteiger partial charge in [-0.1, -0.05) is 18.2 Å². The lowest BCUT2D eigenvalue weighted by Crippen LogP contribution is -2.29. The van der Waals surface area contributed by atoms with Crippen molar-refractivity contribution in [2.24, 2.45) is 0 Å². The molecule has 6 heteroatoms. The molecule has 0 aliphatic carbocycles. The normalized spacial score (nSPS) is 17.4. The first-order valence-electron chi connectivity index (χ1n) is 12.3. The van der Waals surface area contributed by atoms with Crippen LogP contribution in [0, 0.1) is 27.7 Å². The third-order valence-electron chi connectivity index (χ3n) is 7.35. The van der Waals surface area contributed by atoms with Gasteiger partial charge in [0.05, 0.1) is 17.8 Å². The molecule has 2 aromatic heterocycles. The number of anilines is 2. The Morgan fingerprint density at radius 1 is 0.917 bits per heavy atom. The van der Waals surface area contributed by atoms with E-state index in [0.29, 0.717) is 5.11 Å². The van der Waals surface area contributed by atoms with E-state index in [4.69, 9.17) is 17.2 Å². The summed E-state index contributed by atoms with van der Waals surface area (Å²) in [6, 6.07) is 23.4. The van der Waals surface area contributed by atoms with Crippen molar-refractivity contribution in [3.05, 3.63) is 107 Å². The van der Waals surface area contributed by atoms with E-state index in [1.807, 2.05) is 18.3 Å². The molecule has 5 rings (SSSR count). The molecule has 0 bridgehead atoms. The number of hydrogen-bond donors (Lipinski definition) is 1. The third kappa shape index (κ3) is 4.05. The van der Waals surface area contributed by atoms with Gasteiger partial charge in [-0.25, -0.2) is 0 Å². The molecule has 1 aliphatic heterocycles. The Bertz CT molecular complexity index is 1410. The summed E-state index contributed by atoms with van der Waals surface area (Å²) in [6.45, 7) is 8.77. The fraction of sp³-hybridized carbons (Fsp3) is 0.267. The van der Waals surface area contributed by atoms with Crippen LogP contribution in [0.15, 0.2) is 72.9 Å². The first kappa shape index (κ1) is 24.1. The van der Waals surface area contributed by atoms with Crippen molar-refractivity contribution in [2.45, 2.75) is 39.8 Å². The number of aromatic nitrogens is 2. The van der Waals surface area contributed by atoms with Crippen LogP contribution in [0.5, 0.6) is 0 Å². The van der Waals surface area contributed by atoms with Crippen molar-refractivity contribution in [3.8, 4) is 5.69 Å². The van der Waals surface area contributed by atoms with Crippen molar-refractivity contribution in [1.82, 2.24) is 14.9 Å². The Kier molecular flexibility index (Phi) is 6.31. The van der Waals surface area contributed by atoms with Crippen LogP contribution in [-0.4, -0.2) is 28.8 Å². The van der Waals surface area contributed by atoms with Crippen LogP contribution in [0.4, 0.5) is 11.4 Å². The Labute approximate surface area is 219 Å². The highest BCUT2D eigenvalue weighted by atomic mass is 32.1. The monoisotopic (exact) mass is 495 g/mol. The van der Waals surface area contributed by atoms with Crippen molar-refractivity contribution in [3.63, 3.8) is 0 Å². The third-order valence-corrected chi connectivity index (χ3v) is 7.66. The van der Waals surface area contributed by atoms with Crippen molar-refractivity contribution in [1.29, 1.82) is 0 Å². The van der Waals surface area contributed by atoms with Gasteiger partial charge in [0.15, 0.2) is 5.11 Å². The van der Waals surface area contributed by atoms with E-state index < -0.39 is 0 Å². The summed E-state index contributed by atoms with van der Waals surface area (Å²) in [7, 11) is 4.11. The number of thiocarbonyl (C=S) groups is 1. The molecule has 0 spiro atoms. The Morgan fingerprint density at radius 2 is 1.67 bits per heavy atom. The maximum Gasteiger partial charge on any atom is 0.174 e. The molecule has 0 unspecified atom stereocenters. The predicted octanol–water partition coefficient (Wildman–Crippen LogP) is 6.35. The summed E-state index contributed by atoms with van der Waals surface area (Å²) in [5.74, 6) is 0. The minimum Gasteiger partial charge on any atom is -0.378 e. The lowest BCUT2D eigenvalue weighted by Gasteiger charge is -2.28. The molecule has 1 aliphatic rings. The molecule has 1 saturated heterocycles. The van der Waals surface area contributed by atoms with Crippen LogP contribution >= 0.6 is 12.2 Å². The Hall–Kier alpha value is -3.64. The number of aryl methyl sites for hydroxylation is 2. The highest BCUT2D eigenvalue weighted by Gasteiger charge is 2.42. The fourth-order valence-electron chi connectivity index (χ4n) is 5.30. The van der Waals surface area contributed by atoms with Crippen LogP contribution in [0.2, 0.25) is 0 Å². The van der Waals surface area contributed by atoms with Gasteiger partial charge >= 0.3 is 0 Å². The number of rotatable bonds is 5. The largest absolute Gasteiger partial charge is 0.378 e. The number of benzene rings is 2. The highest BCUT2D eigenvalue weighted by Crippen LogP contribution is 2.44.